The Labute approximate surface area is 74.2 Å². The lowest BCUT2D eigenvalue weighted by atomic mass is 10.0. The van der Waals surface area contributed by atoms with Crippen molar-refractivity contribution in [2.24, 2.45) is 0 Å². The maximum Gasteiger partial charge on any atom is 0.184 e. The second kappa shape index (κ2) is 3.87. The van der Waals surface area contributed by atoms with Crippen LogP contribution in [0.15, 0.2) is 0 Å². The maximum absolute atomic E-state index is 9.20. The van der Waals surface area contributed by atoms with Gasteiger partial charge in [0, 0.05) is 0 Å². The van der Waals surface area contributed by atoms with Gasteiger partial charge >= 0.3 is 0 Å². The highest BCUT2D eigenvalue weighted by atomic mass is 35.5. The van der Waals surface area contributed by atoms with Gasteiger partial charge in [-0.1, -0.05) is 0 Å². The Morgan fingerprint density at radius 3 is 2.08 bits per heavy atom. The molecule has 0 amide bonds. The summed E-state index contributed by atoms with van der Waals surface area (Å²) in [7, 11) is 0. The van der Waals surface area contributed by atoms with Crippen LogP contribution in [0.4, 0.5) is 0 Å². The van der Waals surface area contributed by atoms with Crippen LogP contribution in [-0.4, -0.2) is 57.0 Å². The second-order valence-corrected chi connectivity index (χ2v) is 3.00. The molecular formula is C6H11ClO5. The van der Waals surface area contributed by atoms with Gasteiger partial charge in [-0.25, -0.2) is 0 Å². The van der Waals surface area contributed by atoms with E-state index in [1.165, 1.54) is 0 Å². The molecule has 1 fully saturated rings. The Kier molecular flexibility index (Phi) is 3.28. The molecule has 0 aromatic heterocycles. The molecule has 3 unspecified atom stereocenters. The molecule has 12 heavy (non-hydrogen) atoms. The molecule has 72 valence electrons. The minimum absolute atomic E-state index is 0.0536. The monoisotopic (exact) mass is 198 g/mol. The van der Waals surface area contributed by atoms with Crippen molar-refractivity contribution < 1.29 is 25.2 Å². The lowest BCUT2D eigenvalue weighted by molar-refractivity contribution is -0.276. The molecule has 0 bridgehead atoms. The van der Waals surface area contributed by atoms with E-state index in [0.29, 0.717) is 0 Å². The van der Waals surface area contributed by atoms with E-state index in [2.05, 4.69) is 0 Å². The van der Waals surface area contributed by atoms with E-state index in [4.69, 9.17) is 31.7 Å². The number of alkyl halides is 1. The Morgan fingerprint density at radius 2 is 1.58 bits per heavy atom. The van der Waals surface area contributed by atoms with Crippen molar-refractivity contribution in [1.29, 1.82) is 0 Å². The van der Waals surface area contributed by atoms with Crippen molar-refractivity contribution >= 4 is 11.6 Å². The first kappa shape index (κ1) is 10.2. The number of hydrogen-bond donors (Lipinski definition) is 4. The summed E-state index contributed by atoms with van der Waals surface area (Å²) in [4.78, 5) is 0. The van der Waals surface area contributed by atoms with Crippen LogP contribution in [0, 0.1) is 0 Å². The molecule has 4 N–H and O–H groups in total. The van der Waals surface area contributed by atoms with Crippen molar-refractivity contribution in [3.05, 3.63) is 0 Å². The zero-order valence-corrected chi connectivity index (χ0v) is 6.92. The van der Waals surface area contributed by atoms with Gasteiger partial charge in [0.15, 0.2) is 6.29 Å². The van der Waals surface area contributed by atoms with Crippen molar-refractivity contribution in [3.8, 4) is 0 Å². The molecule has 0 aromatic carbocycles. The topological polar surface area (TPSA) is 90.2 Å². The molecule has 1 rings (SSSR count). The molecule has 0 aliphatic carbocycles. The van der Waals surface area contributed by atoms with Crippen LogP contribution in [0.3, 0.4) is 0 Å². The summed E-state index contributed by atoms with van der Waals surface area (Å²) in [5, 5.41) is 36.3. The largest absolute Gasteiger partial charge is 0.388 e. The Bertz CT molecular complexity index is 150. The van der Waals surface area contributed by atoms with Crippen LogP contribution in [0.25, 0.3) is 0 Å². The molecule has 1 aliphatic heterocycles. The van der Waals surface area contributed by atoms with Crippen LogP contribution in [0.1, 0.15) is 0 Å². The van der Waals surface area contributed by atoms with Gasteiger partial charge in [0.05, 0.1) is 5.88 Å². The number of aliphatic hydroxyl groups excluding tert-OH is 4. The molecule has 0 radical (unpaired) electrons. The first-order valence-corrected chi connectivity index (χ1v) is 4.05. The maximum atomic E-state index is 9.20. The lowest BCUT2D eigenvalue weighted by Crippen LogP contribution is -2.57. The minimum atomic E-state index is -1.49. The van der Waals surface area contributed by atoms with Gasteiger partial charge < -0.3 is 25.2 Å². The Morgan fingerprint density at radius 1 is 1.00 bits per heavy atom. The SMILES string of the molecule is OC1C(O)[C@H](O)OC(CCl)[C@@H]1O. The summed E-state index contributed by atoms with van der Waals surface area (Å²) in [6, 6.07) is 0. The molecule has 1 heterocycles. The van der Waals surface area contributed by atoms with Crippen molar-refractivity contribution in [3.63, 3.8) is 0 Å². The third-order valence-corrected chi connectivity index (χ3v) is 2.14. The van der Waals surface area contributed by atoms with Crippen molar-refractivity contribution in [1.82, 2.24) is 0 Å². The Balaban J connectivity index is 2.63. The fourth-order valence-corrected chi connectivity index (χ4v) is 1.31. The summed E-state index contributed by atoms with van der Waals surface area (Å²) in [6.07, 6.45) is -6.51. The number of ether oxygens (including phenoxy) is 1. The van der Waals surface area contributed by atoms with E-state index in [1.807, 2.05) is 0 Å². The van der Waals surface area contributed by atoms with Gasteiger partial charge in [-0.2, -0.15) is 0 Å². The van der Waals surface area contributed by atoms with Crippen LogP contribution in [0.2, 0.25) is 0 Å². The summed E-state index contributed by atoms with van der Waals surface area (Å²) in [5.74, 6) is -0.0536. The molecule has 6 heteroatoms. The fraction of sp³-hybridized carbons (Fsp3) is 1.00. The van der Waals surface area contributed by atoms with Gasteiger partial charge in [0.1, 0.15) is 24.4 Å². The van der Waals surface area contributed by atoms with Crippen LogP contribution in [-0.2, 0) is 4.74 Å². The fourth-order valence-electron chi connectivity index (χ4n) is 1.06. The highest BCUT2D eigenvalue weighted by Gasteiger charge is 2.42. The average molecular weight is 199 g/mol. The minimum Gasteiger partial charge on any atom is -0.388 e. The lowest BCUT2D eigenvalue weighted by Gasteiger charge is -2.37. The number of hydrogen-bond acceptors (Lipinski definition) is 5. The summed E-state index contributed by atoms with van der Waals surface area (Å²) in [6.45, 7) is 0. The summed E-state index contributed by atoms with van der Waals surface area (Å²) in [5.41, 5.74) is 0. The second-order valence-electron chi connectivity index (χ2n) is 2.69. The van der Waals surface area contributed by atoms with Gasteiger partial charge in [-0.15, -0.1) is 11.6 Å². The zero-order valence-electron chi connectivity index (χ0n) is 6.17. The quantitative estimate of drug-likeness (QED) is 0.367. The molecule has 1 saturated heterocycles. The van der Waals surface area contributed by atoms with Crippen LogP contribution < -0.4 is 0 Å². The number of halogens is 1. The van der Waals surface area contributed by atoms with E-state index in [-0.39, 0.29) is 5.88 Å². The predicted octanol–water partition coefficient (Wildman–Crippen LogP) is -1.97. The van der Waals surface area contributed by atoms with Crippen molar-refractivity contribution in [2.75, 3.05) is 5.88 Å². The van der Waals surface area contributed by atoms with E-state index < -0.39 is 30.7 Å². The third-order valence-electron chi connectivity index (χ3n) is 1.84. The highest BCUT2D eigenvalue weighted by Crippen LogP contribution is 2.20. The van der Waals surface area contributed by atoms with Crippen LogP contribution >= 0.6 is 11.6 Å². The van der Waals surface area contributed by atoms with Crippen molar-refractivity contribution in [2.45, 2.75) is 30.7 Å². The van der Waals surface area contributed by atoms with Crippen LogP contribution in [0.5, 0.6) is 0 Å². The smallest absolute Gasteiger partial charge is 0.184 e. The normalized spacial score (nSPS) is 49.2. The standard InChI is InChI=1S/C6H11ClO5/c7-1-2-3(8)4(9)5(10)6(11)12-2/h2-6,8-11H,1H2/t2?,3-,4?,5?,6+/m0/s1. The number of rotatable bonds is 1. The van der Waals surface area contributed by atoms with Gasteiger partial charge in [0.2, 0.25) is 0 Å². The van der Waals surface area contributed by atoms with Gasteiger partial charge in [-0.3, -0.25) is 0 Å². The van der Waals surface area contributed by atoms with E-state index in [1.54, 1.807) is 0 Å². The molecule has 1 aliphatic rings. The molecule has 5 atom stereocenters. The van der Waals surface area contributed by atoms with Gasteiger partial charge in [0.25, 0.3) is 0 Å². The van der Waals surface area contributed by atoms with E-state index in [9.17, 15) is 5.11 Å². The highest BCUT2D eigenvalue weighted by molar-refractivity contribution is 6.18. The Hall–Kier alpha value is 0.0900. The van der Waals surface area contributed by atoms with E-state index >= 15 is 0 Å². The molecule has 0 spiro atoms. The van der Waals surface area contributed by atoms with Gasteiger partial charge in [-0.05, 0) is 0 Å². The first-order chi connectivity index (χ1) is 5.57. The zero-order chi connectivity index (χ0) is 9.30. The summed E-state index contributed by atoms with van der Waals surface area (Å²) < 4.78 is 4.69. The molecule has 0 saturated carbocycles. The molecular weight excluding hydrogens is 188 g/mol. The molecule has 0 aromatic rings. The molecule has 5 nitrogen and oxygen atoms in total. The number of aliphatic hydroxyl groups is 4. The summed E-state index contributed by atoms with van der Waals surface area (Å²) >= 11 is 5.36. The first-order valence-electron chi connectivity index (χ1n) is 3.51. The average Bonchev–Trinajstić information content (AvgIpc) is 2.08. The predicted molar refractivity (Wildman–Crippen MR) is 39.6 cm³/mol. The third kappa shape index (κ3) is 1.71. The van der Waals surface area contributed by atoms with E-state index in [0.717, 1.165) is 0 Å².